The Hall–Kier alpha value is -0.970. The number of hydrogen-bond acceptors (Lipinski definition) is 4. The number of H-pyrrole nitrogens is 1. The molecule has 0 amide bonds. The van der Waals surface area contributed by atoms with Gasteiger partial charge in [-0.3, -0.25) is 0 Å². The molecule has 0 aliphatic heterocycles. The lowest BCUT2D eigenvalue weighted by Gasteiger charge is -2.03. The van der Waals surface area contributed by atoms with Crippen molar-refractivity contribution in [2.75, 3.05) is 5.73 Å². The number of aromatic amines is 1. The van der Waals surface area contributed by atoms with Crippen molar-refractivity contribution in [3.8, 4) is 0 Å². The average molecular weight is 208 g/mol. The fourth-order valence-corrected chi connectivity index (χ4v) is 3.00. The fraction of sp³-hybridized carbons (Fsp3) is 0.667. The van der Waals surface area contributed by atoms with E-state index in [0.29, 0.717) is 16.6 Å². The molecule has 2 atom stereocenters. The maximum Gasteiger partial charge on any atom is 0.224 e. The molecule has 74 valence electrons. The molecule has 4 nitrogen and oxygen atoms in total. The Kier molecular flexibility index (Phi) is 1.65. The van der Waals surface area contributed by atoms with Gasteiger partial charge < -0.3 is 10.7 Å². The number of nitrogens with two attached hydrogens (primary N) is 1. The average Bonchev–Trinajstić information content (AvgIpc) is 2.59. The summed E-state index contributed by atoms with van der Waals surface area (Å²) < 4.78 is 0.362. The summed E-state index contributed by atoms with van der Waals surface area (Å²) in [6.45, 7) is 0. The Balaban J connectivity index is 1.94. The van der Waals surface area contributed by atoms with Crippen molar-refractivity contribution >= 4 is 18.2 Å². The zero-order valence-electron chi connectivity index (χ0n) is 7.73. The minimum atomic E-state index is 0.362. The Morgan fingerprint density at radius 2 is 2.00 bits per heavy atom. The van der Waals surface area contributed by atoms with Crippen LogP contribution in [0.25, 0.3) is 0 Å². The molecule has 14 heavy (non-hydrogen) atoms. The van der Waals surface area contributed by atoms with Crippen LogP contribution in [-0.2, 0) is 0 Å². The molecule has 0 bridgehead atoms. The van der Waals surface area contributed by atoms with Crippen LogP contribution in [0.1, 0.15) is 31.0 Å². The normalized spacial score (nSPS) is 34.1. The molecule has 1 aromatic rings. The van der Waals surface area contributed by atoms with Crippen molar-refractivity contribution in [3.63, 3.8) is 0 Å². The maximum atomic E-state index is 5.60. The van der Waals surface area contributed by atoms with Crippen LogP contribution in [-0.4, -0.2) is 15.0 Å². The van der Waals surface area contributed by atoms with Crippen LogP contribution in [0.15, 0.2) is 0 Å². The van der Waals surface area contributed by atoms with E-state index in [4.69, 9.17) is 18.0 Å². The van der Waals surface area contributed by atoms with Crippen molar-refractivity contribution in [1.82, 2.24) is 15.0 Å². The Labute approximate surface area is 87.0 Å². The van der Waals surface area contributed by atoms with Crippen LogP contribution in [0.2, 0.25) is 0 Å². The zero-order valence-corrected chi connectivity index (χ0v) is 8.55. The van der Waals surface area contributed by atoms with Gasteiger partial charge >= 0.3 is 0 Å². The molecule has 1 aromatic heterocycles. The van der Waals surface area contributed by atoms with Gasteiger partial charge in [-0.2, -0.15) is 4.98 Å². The Morgan fingerprint density at radius 1 is 1.29 bits per heavy atom. The third-order valence-electron chi connectivity index (χ3n) is 3.41. The molecule has 0 spiro atoms. The highest BCUT2D eigenvalue weighted by atomic mass is 32.1. The quantitative estimate of drug-likeness (QED) is 0.688. The predicted molar refractivity (Wildman–Crippen MR) is 55.2 cm³/mol. The Bertz CT molecular complexity index is 417. The second kappa shape index (κ2) is 2.76. The standard InChI is InChI=1S/C9H12N4S/c10-8-11-7(12-9(14)13-8)6-4-2-1-3-5(4)6/h4-6H,1-3H2,(H3,10,11,12,13,14). The van der Waals surface area contributed by atoms with Crippen LogP contribution < -0.4 is 5.73 Å². The summed E-state index contributed by atoms with van der Waals surface area (Å²) in [6.07, 6.45) is 4.03. The molecule has 1 heterocycles. The first-order valence-corrected chi connectivity index (χ1v) is 5.40. The van der Waals surface area contributed by atoms with Crippen LogP contribution in [0.3, 0.4) is 0 Å². The number of nitrogen functional groups attached to an aromatic ring is 1. The number of fused-ring (bicyclic) bond motifs is 1. The third-order valence-corrected chi connectivity index (χ3v) is 3.59. The molecule has 2 saturated carbocycles. The van der Waals surface area contributed by atoms with Gasteiger partial charge in [-0.15, -0.1) is 0 Å². The monoisotopic (exact) mass is 208 g/mol. The molecule has 2 aliphatic rings. The molecule has 5 heteroatoms. The van der Waals surface area contributed by atoms with Crippen molar-refractivity contribution in [2.45, 2.75) is 25.2 Å². The summed E-state index contributed by atoms with van der Waals surface area (Å²) in [5, 5.41) is 0. The molecule has 0 saturated heterocycles. The summed E-state index contributed by atoms with van der Waals surface area (Å²) in [4.78, 5) is 11.1. The molecule has 2 unspecified atom stereocenters. The lowest BCUT2D eigenvalue weighted by atomic mass is 10.1. The lowest BCUT2D eigenvalue weighted by molar-refractivity contribution is 0.654. The van der Waals surface area contributed by atoms with Crippen LogP contribution >= 0.6 is 12.2 Å². The van der Waals surface area contributed by atoms with Gasteiger partial charge in [0.2, 0.25) is 10.7 Å². The van der Waals surface area contributed by atoms with E-state index in [-0.39, 0.29) is 0 Å². The summed E-state index contributed by atoms with van der Waals surface area (Å²) in [6, 6.07) is 0. The summed E-state index contributed by atoms with van der Waals surface area (Å²) in [5.74, 6) is 3.59. The second-order valence-electron chi connectivity index (χ2n) is 4.19. The largest absolute Gasteiger partial charge is 0.369 e. The third kappa shape index (κ3) is 1.15. The number of hydrogen-bond donors (Lipinski definition) is 2. The topological polar surface area (TPSA) is 67.6 Å². The highest BCUT2D eigenvalue weighted by Gasteiger charge is 2.54. The SMILES string of the molecule is Nc1nc(=S)nc(C2C3CCCC32)[nH]1. The van der Waals surface area contributed by atoms with E-state index in [9.17, 15) is 0 Å². The van der Waals surface area contributed by atoms with Crippen LogP contribution in [0.5, 0.6) is 0 Å². The van der Waals surface area contributed by atoms with Gasteiger partial charge in [-0.05, 0) is 36.9 Å². The highest BCUT2D eigenvalue weighted by Crippen LogP contribution is 2.62. The number of nitrogens with zero attached hydrogens (tertiary/aromatic N) is 2. The number of anilines is 1. The van der Waals surface area contributed by atoms with Crippen molar-refractivity contribution < 1.29 is 0 Å². The molecular weight excluding hydrogens is 196 g/mol. The van der Waals surface area contributed by atoms with Gasteiger partial charge in [0.1, 0.15) is 5.82 Å². The predicted octanol–water partition coefficient (Wildman–Crippen LogP) is 1.63. The van der Waals surface area contributed by atoms with E-state index in [1.165, 1.54) is 19.3 Å². The van der Waals surface area contributed by atoms with Gasteiger partial charge in [-0.25, -0.2) is 4.98 Å². The molecule has 3 N–H and O–H groups in total. The van der Waals surface area contributed by atoms with Gasteiger partial charge in [0.25, 0.3) is 0 Å². The van der Waals surface area contributed by atoms with Gasteiger partial charge in [0.15, 0.2) is 0 Å². The molecule has 3 rings (SSSR count). The van der Waals surface area contributed by atoms with E-state index in [1.807, 2.05) is 0 Å². The van der Waals surface area contributed by atoms with Crippen molar-refractivity contribution in [3.05, 3.63) is 10.6 Å². The van der Waals surface area contributed by atoms with E-state index in [0.717, 1.165) is 17.7 Å². The fourth-order valence-electron chi connectivity index (χ4n) is 2.80. The summed E-state index contributed by atoms with van der Waals surface area (Å²) >= 11 is 4.94. The van der Waals surface area contributed by atoms with Crippen molar-refractivity contribution in [2.24, 2.45) is 11.8 Å². The van der Waals surface area contributed by atoms with E-state index in [2.05, 4.69) is 15.0 Å². The minimum absolute atomic E-state index is 0.362. The first kappa shape index (κ1) is 8.35. The van der Waals surface area contributed by atoms with Gasteiger partial charge in [0, 0.05) is 5.92 Å². The molecule has 2 fully saturated rings. The number of aromatic nitrogens is 3. The molecule has 0 radical (unpaired) electrons. The van der Waals surface area contributed by atoms with Crippen molar-refractivity contribution in [1.29, 1.82) is 0 Å². The molecule has 2 aliphatic carbocycles. The van der Waals surface area contributed by atoms with Crippen LogP contribution in [0.4, 0.5) is 5.95 Å². The summed E-state index contributed by atoms with van der Waals surface area (Å²) in [7, 11) is 0. The molecule has 0 aromatic carbocycles. The van der Waals surface area contributed by atoms with Crippen LogP contribution in [0, 0.1) is 16.6 Å². The van der Waals surface area contributed by atoms with E-state index < -0.39 is 0 Å². The number of nitrogens with one attached hydrogen (secondary N) is 1. The smallest absolute Gasteiger partial charge is 0.224 e. The highest BCUT2D eigenvalue weighted by molar-refractivity contribution is 7.71. The second-order valence-corrected chi connectivity index (χ2v) is 4.55. The van der Waals surface area contributed by atoms with Gasteiger partial charge in [0.05, 0.1) is 0 Å². The zero-order chi connectivity index (χ0) is 9.71. The van der Waals surface area contributed by atoms with E-state index in [1.54, 1.807) is 0 Å². The summed E-state index contributed by atoms with van der Waals surface area (Å²) in [5.41, 5.74) is 5.60. The minimum Gasteiger partial charge on any atom is -0.369 e. The first-order valence-electron chi connectivity index (χ1n) is 4.99. The lowest BCUT2D eigenvalue weighted by Crippen LogP contribution is -2.03. The number of rotatable bonds is 1. The van der Waals surface area contributed by atoms with Gasteiger partial charge in [-0.1, -0.05) is 6.42 Å². The maximum absolute atomic E-state index is 5.60. The molecular formula is C9H12N4S. The van der Waals surface area contributed by atoms with E-state index >= 15 is 0 Å². The first-order chi connectivity index (χ1) is 6.75. The Morgan fingerprint density at radius 3 is 2.64 bits per heavy atom.